The maximum Gasteiger partial charge on any atom is 0.229 e. The van der Waals surface area contributed by atoms with Gasteiger partial charge in [-0.05, 0) is 49.2 Å². The zero-order chi connectivity index (χ0) is 18.1. The summed E-state index contributed by atoms with van der Waals surface area (Å²) in [7, 11) is 0. The maximum absolute atomic E-state index is 12.5. The van der Waals surface area contributed by atoms with Crippen molar-refractivity contribution in [3.63, 3.8) is 0 Å². The van der Waals surface area contributed by atoms with E-state index in [2.05, 4.69) is 20.8 Å². The number of halogens is 3. The number of piperidine rings is 1. The van der Waals surface area contributed by atoms with Crippen LogP contribution in [0.4, 0.5) is 5.82 Å². The van der Waals surface area contributed by atoms with E-state index in [-0.39, 0.29) is 24.2 Å². The highest BCUT2D eigenvalue weighted by molar-refractivity contribution is 6.39. The van der Waals surface area contributed by atoms with Gasteiger partial charge in [0.25, 0.3) is 0 Å². The summed E-state index contributed by atoms with van der Waals surface area (Å²) in [6.45, 7) is 1.67. The van der Waals surface area contributed by atoms with Crippen LogP contribution in [0.3, 0.4) is 0 Å². The van der Waals surface area contributed by atoms with Crippen LogP contribution in [-0.4, -0.2) is 29.2 Å². The molecule has 8 heteroatoms. The lowest BCUT2D eigenvalue weighted by Gasteiger charge is -2.21. The van der Waals surface area contributed by atoms with E-state index in [0.717, 1.165) is 41.4 Å². The van der Waals surface area contributed by atoms with Crippen molar-refractivity contribution in [3.8, 4) is 11.1 Å². The number of anilines is 1. The summed E-state index contributed by atoms with van der Waals surface area (Å²) in [6.07, 6.45) is 1.90. The molecule has 1 amide bonds. The molecule has 2 heterocycles. The van der Waals surface area contributed by atoms with Gasteiger partial charge < -0.3 is 10.6 Å². The summed E-state index contributed by atoms with van der Waals surface area (Å²) < 4.78 is 0. The zero-order valence-corrected chi connectivity index (χ0v) is 16.7. The summed E-state index contributed by atoms with van der Waals surface area (Å²) in [6, 6.07) is 11.2. The number of hydrogen-bond donors (Lipinski definition) is 3. The van der Waals surface area contributed by atoms with Gasteiger partial charge >= 0.3 is 0 Å². The minimum absolute atomic E-state index is 0. The average Bonchev–Trinajstić information content (AvgIpc) is 3.04. The Balaban J connectivity index is 0.00000210. The Morgan fingerprint density at radius 3 is 2.67 bits per heavy atom. The summed E-state index contributed by atoms with van der Waals surface area (Å²) in [4.78, 5) is 12.5. The van der Waals surface area contributed by atoms with Crippen molar-refractivity contribution < 1.29 is 4.79 Å². The first-order chi connectivity index (χ1) is 12.6. The van der Waals surface area contributed by atoms with Crippen LogP contribution in [0.2, 0.25) is 10.0 Å². The minimum atomic E-state index is -0.0308. The van der Waals surface area contributed by atoms with Gasteiger partial charge in [0, 0.05) is 27.5 Å². The smallest absolute Gasteiger partial charge is 0.229 e. The van der Waals surface area contributed by atoms with Gasteiger partial charge in [0.15, 0.2) is 5.82 Å². The number of carbonyl (C=O) groups excluding carboxylic acids is 1. The third-order valence-electron chi connectivity index (χ3n) is 4.72. The molecule has 142 valence electrons. The number of fused-ring (bicyclic) bond motifs is 1. The molecular formula is C19H19Cl3N4O. The molecule has 5 nitrogen and oxygen atoms in total. The Morgan fingerprint density at radius 2 is 1.96 bits per heavy atom. The number of nitrogens with one attached hydrogen (secondary N) is 3. The minimum Gasteiger partial charge on any atom is -0.316 e. The van der Waals surface area contributed by atoms with Crippen LogP contribution < -0.4 is 10.6 Å². The van der Waals surface area contributed by atoms with Crippen molar-refractivity contribution in [2.24, 2.45) is 5.92 Å². The molecule has 2 aromatic carbocycles. The van der Waals surface area contributed by atoms with Crippen molar-refractivity contribution in [1.29, 1.82) is 0 Å². The fraction of sp³-hybridized carbons (Fsp3) is 0.263. The fourth-order valence-corrected chi connectivity index (χ4v) is 3.95. The number of carbonyl (C=O) groups is 1. The molecule has 0 aliphatic carbocycles. The van der Waals surface area contributed by atoms with E-state index in [0.29, 0.717) is 22.4 Å². The van der Waals surface area contributed by atoms with Crippen LogP contribution in [0, 0.1) is 5.92 Å². The van der Waals surface area contributed by atoms with Crippen molar-refractivity contribution in [1.82, 2.24) is 15.5 Å². The van der Waals surface area contributed by atoms with E-state index < -0.39 is 0 Å². The first-order valence-electron chi connectivity index (χ1n) is 8.57. The molecule has 3 aromatic rings. The van der Waals surface area contributed by atoms with E-state index >= 15 is 0 Å². The Bertz CT molecular complexity index is 946. The van der Waals surface area contributed by atoms with Crippen LogP contribution >= 0.6 is 35.6 Å². The SMILES string of the molecule is Cl.O=C(Nc1n[nH]c2ccc(-c3c(Cl)cccc3Cl)cc12)C1CCCNC1. The summed E-state index contributed by atoms with van der Waals surface area (Å²) >= 11 is 12.7. The van der Waals surface area contributed by atoms with Gasteiger partial charge in [0.1, 0.15) is 0 Å². The van der Waals surface area contributed by atoms with Gasteiger partial charge in [-0.1, -0.05) is 35.3 Å². The number of aromatic nitrogens is 2. The quantitative estimate of drug-likeness (QED) is 0.559. The second-order valence-electron chi connectivity index (χ2n) is 6.46. The molecule has 1 aliphatic rings. The Labute approximate surface area is 173 Å². The van der Waals surface area contributed by atoms with Gasteiger partial charge in [-0.15, -0.1) is 12.4 Å². The van der Waals surface area contributed by atoms with E-state index in [1.807, 2.05) is 24.3 Å². The van der Waals surface area contributed by atoms with Crippen molar-refractivity contribution in [2.45, 2.75) is 12.8 Å². The van der Waals surface area contributed by atoms with Gasteiger partial charge in [-0.25, -0.2) is 0 Å². The van der Waals surface area contributed by atoms with Gasteiger partial charge in [-0.2, -0.15) is 5.10 Å². The second kappa shape index (κ2) is 8.48. The normalized spacial score (nSPS) is 16.7. The lowest BCUT2D eigenvalue weighted by molar-refractivity contribution is -0.120. The molecule has 4 rings (SSSR count). The number of amides is 1. The van der Waals surface area contributed by atoms with Crippen LogP contribution in [0.25, 0.3) is 22.0 Å². The topological polar surface area (TPSA) is 69.8 Å². The van der Waals surface area contributed by atoms with E-state index in [4.69, 9.17) is 23.2 Å². The first-order valence-corrected chi connectivity index (χ1v) is 9.33. The monoisotopic (exact) mass is 424 g/mol. The molecule has 1 aromatic heterocycles. The largest absolute Gasteiger partial charge is 0.316 e. The predicted molar refractivity (Wildman–Crippen MR) is 113 cm³/mol. The molecule has 27 heavy (non-hydrogen) atoms. The summed E-state index contributed by atoms with van der Waals surface area (Å²) in [5.41, 5.74) is 2.49. The highest BCUT2D eigenvalue weighted by atomic mass is 35.5. The van der Waals surface area contributed by atoms with Crippen LogP contribution in [0.1, 0.15) is 12.8 Å². The highest BCUT2D eigenvalue weighted by Gasteiger charge is 2.22. The maximum atomic E-state index is 12.5. The van der Waals surface area contributed by atoms with E-state index in [1.165, 1.54) is 0 Å². The summed E-state index contributed by atoms with van der Waals surface area (Å²) in [5, 5.41) is 15.4. The van der Waals surface area contributed by atoms with Crippen LogP contribution in [0.15, 0.2) is 36.4 Å². The first kappa shape index (κ1) is 20.0. The molecule has 0 spiro atoms. The van der Waals surface area contributed by atoms with Gasteiger partial charge in [0.05, 0.1) is 11.4 Å². The molecule has 0 bridgehead atoms. The molecule has 1 unspecified atom stereocenters. The van der Waals surface area contributed by atoms with E-state index in [1.54, 1.807) is 12.1 Å². The van der Waals surface area contributed by atoms with Gasteiger partial charge in [-0.3, -0.25) is 9.89 Å². The Morgan fingerprint density at radius 1 is 1.19 bits per heavy atom. The third kappa shape index (κ3) is 4.06. The second-order valence-corrected chi connectivity index (χ2v) is 7.28. The lowest BCUT2D eigenvalue weighted by Crippen LogP contribution is -2.37. The zero-order valence-electron chi connectivity index (χ0n) is 14.4. The number of H-pyrrole nitrogens is 1. The Hall–Kier alpha value is -1.79. The van der Waals surface area contributed by atoms with Crippen molar-refractivity contribution >= 4 is 58.2 Å². The van der Waals surface area contributed by atoms with Gasteiger partial charge in [0.2, 0.25) is 5.91 Å². The van der Waals surface area contributed by atoms with Crippen LogP contribution in [0.5, 0.6) is 0 Å². The molecular weight excluding hydrogens is 407 g/mol. The molecule has 0 saturated carbocycles. The number of rotatable bonds is 3. The van der Waals surface area contributed by atoms with Crippen molar-refractivity contribution in [2.75, 3.05) is 18.4 Å². The highest BCUT2D eigenvalue weighted by Crippen LogP contribution is 2.36. The van der Waals surface area contributed by atoms with E-state index in [9.17, 15) is 4.79 Å². The summed E-state index contributed by atoms with van der Waals surface area (Å²) in [5.74, 6) is 0.490. The fourth-order valence-electron chi connectivity index (χ4n) is 3.33. The third-order valence-corrected chi connectivity index (χ3v) is 5.35. The van der Waals surface area contributed by atoms with Crippen LogP contribution in [-0.2, 0) is 4.79 Å². The average molecular weight is 426 g/mol. The van der Waals surface area contributed by atoms with Crippen molar-refractivity contribution in [3.05, 3.63) is 46.4 Å². The number of nitrogens with zero attached hydrogens (tertiary/aromatic N) is 1. The number of benzene rings is 2. The Kier molecular flexibility index (Phi) is 6.27. The molecule has 3 N–H and O–H groups in total. The molecule has 1 aliphatic heterocycles. The lowest BCUT2D eigenvalue weighted by atomic mass is 9.99. The molecule has 1 fully saturated rings. The molecule has 1 saturated heterocycles. The number of aromatic amines is 1. The number of hydrogen-bond acceptors (Lipinski definition) is 3. The molecule has 1 atom stereocenters. The standard InChI is InChI=1S/C19H18Cl2N4O.ClH/c20-14-4-1-5-15(21)17(14)11-6-7-16-13(9-11)18(25-24-16)23-19(26)12-3-2-8-22-10-12;/h1,4-7,9,12,22H,2-3,8,10H2,(H2,23,24,25,26);1H. The molecule has 0 radical (unpaired) electrons. The predicted octanol–water partition coefficient (Wildman–Crippen LogP) is 4.90.